The molecule has 1 N–H and O–H groups in total. The van der Waals surface area contributed by atoms with Crippen molar-refractivity contribution < 1.29 is 9.59 Å². The largest absolute Gasteiger partial charge is 0.342 e. The highest BCUT2D eigenvalue weighted by atomic mass is 16.2. The lowest BCUT2D eigenvalue weighted by Crippen LogP contribution is -2.60. The van der Waals surface area contributed by atoms with Crippen molar-refractivity contribution in [1.82, 2.24) is 10.2 Å². The summed E-state index contributed by atoms with van der Waals surface area (Å²) in [6.45, 7) is 4.93. The molecule has 3 rings (SSSR count). The number of carbonyl (C=O) groups is 2. The Hall–Kier alpha value is -1.84. The molecule has 1 aliphatic heterocycles. The molecule has 1 heterocycles. The number of benzene rings is 1. The summed E-state index contributed by atoms with van der Waals surface area (Å²) in [4.78, 5) is 26.2. The summed E-state index contributed by atoms with van der Waals surface area (Å²) in [6, 6.07) is 8.00. The molecule has 2 aliphatic rings. The standard InChI is InChI=1S/C17H22N2O2/c1-3-11(2)16-17(21)19(10-15(20)18-16)9-13-8-12-6-4-5-7-14(12)13/h4-7,11,13,16H,3,8-10H2,1-2H3,(H,18,20). The third-order valence-corrected chi connectivity index (χ3v) is 4.84. The number of carbonyl (C=O) groups excluding carboxylic acids is 2. The number of amides is 2. The molecule has 3 atom stereocenters. The fourth-order valence-electron chi connectivity index (χ4n) is 3.30. The summed E-state index contributed by atoms with van der Waals surface area (Å²) >= 11 is 0. The van der Waals surface area contributed by atoms with Crippen molar-refractivity contribution in [2.75, 3.05) is 13.1 Å². The molecular formula is C17H22N2O2. The van der Waals surface area contributed by atoms with Crippen molar-refractivity contribution in [3.05, 3.63) is 35.4 Å². The minimum atomic E-state index is -0.355. The maximum atomic E-state index is 12.6. The van der Waals surface area contributed by atoms with E-state index in [1.807, 2.05) is 26.0 Å². The van der Waals surface area contributed by atoms with Crippen LogP contribution in [0, 0.1) is 5.92 Å². The van der Waals surface area contributed by atoms with E-state index in [1.54, 1.807) is 4.90 Å². The molecule has 1 aliphatic carbocycles. The zero-order valence-electron chi connectivity index (χ0n) is 12.6. The third kappa shape index (κ3) is 2.55. The van der Waals surface area contributed by atoms with Gasteiger partial charge in [0, 0.05) is 12.5 Å². The smallest absolute Gasteiger partial charge is 0.245 e. The summed E-state index contributed by atoms with van der Waals surface area (Å²) < 4.78 is 0. The van der Waals surface area contributed by atoms with E-state index in [9.17, 15) is 9.59 Å². The van der Waals surface area contributed by atoms with E-state index in [0.29, 0.717) is 12.5 Å². The molecule has 1 saturated heterocycles. The number of rotatable bonds is 4. The Morgan fingerprint density at radius 2 is 2.10 bits per heavy atom. The van der Waals surface area contributed by atoms with Crippen LogP contribution in [0.3, 0.4) is 0 Å². The van der Waals surface area contributed by atoms with Gasteiger partial charge in [-0.1, -0.05) is 44.5 Å². The molecular weight excluding hydrogens is 264 g/mol. The summed E-state index contributed by atoms with van der Waals surface area (Å²) in [5.41, 5.74) is 2.70. The maximum absolute atomic E-state index is 12.6. The van der Waals surface area contributed by atoms with Crippen LogP contribution in [0.5, 0.6) is 0 Å². The second-order valence-corrected chi connectivity index (χ2v) is 6.25. The van der Waals surface area contributed by atoms with E-state index in [2.05, 4.69) is 17.4 Å². The number of hydrogen-bond acceptors (Lipinski definition) is 2. The molecule has 4 nitrogen and oxygen atoms in total. The zero-order valence-corrected chi connectivity index (χ0v) is 12.6. The highest BCUT2D eigenvalue weighted by molar-refractivity contribution is 5.95. The molecule has 0 spiro atoms. The van der Waals surface area contributed by atoms with Crippen LogP contribution in [0.25, 0.3) is 0 Å². The van der Waals surface area contributed by atoms with E-state index in [-0.39, 0.29) is 30.3 Å². The second-order valence-electron chi connectivity index (χ2n) is 6.25. The minimum absolute atomic E-state index is 0.0347. The van der Waals surface area contributed by atoms with Gasteiger partial charge in [-0.15, -0.1) is 0 Å². The van der Waals surface area contributed by atoms with Gasteiger partial charge < -0.3 is 10.2 Å². The molecule has 112 valence electrons. The van der Waals surface area contributed by atoms with Crippen LogP contribution in [-0.2, 0) is 16.0 Å². The number of piperazine rings is 1. The predicted molar refractivity (Wildman–Crippen MR) is 80.9 cm³/mol. The van der Waals surface area contributed by atoms with Gasteiger partial charge >= 0.3 is 0 Å². The average molecular weight is 286 g/mol. The predicted octanol–water partition coefficient (Wildman–Crippen LogP) is 1.70. The van der Waals surface area contributed by atoms with Gasteiger partial charge in [0.15, 0.2) is 0 Å². The highest BCUT2D eigenvalue weighted by Crippen LogP contribution is 2.35. The molecule has 0 radical (unpaired) electrons. The Balaban J connectivity index is 1.71. The van der Waals surface area contributed by atoms with Gasteiger partial charge in [-0.3, -0.25) is 9.59 Å². The van der Waals surface area contributed by atoms with E-state index in [0.717, 1.165) is 12.8 Å². The van der Waals surface area contributed by atoms with Crippen molar-refractivity contribution in [2.24, 2.45) is 5.92 Å². The lowest BCUT2D eigenvalue weighted by atomic mass is 9.77. The minimum Gasteiger partial charge on any atom is -0.342 e. The molecule has 0 bridgehead atoms. The molecule has 21 heavy (non-hydrogen) atoms. The van der Waals surface area contributed by atoms with E-state index < -0.39 is 0 Å². The molecule has 2 amide bonds. The van der Waals surface area contributed by atoms with Gasteiger partial charge in [-0.2, -0.15) is 0 Å². The summed E-state index contributed by atoms with van der Waals surface area (Å²) in [5.74, 6) is 0.604. The highest BCUT2D eigenvalue weighted by Gasteiger charge is 2.38. The third-order valence-electron chi connectivity index (χ3n) is 4.84. The van der Waals surface area contributed by atoms with E-state index >= 15 is 0 Å². The Kier molecular flexibility index (Phi) is 3.70. The van der Waals surface area contributed by atoms with Gasteiger partial charge in [0.1, 0.15) is 6.04 Å². The van der Waals surface area contributed by atoms with Crippen LogP contribution in [0.4, 0.5) is 0 Å². The Morgan fingerprint density at radius 3 is 2.81 bits per heavy atom. The van der Waals surface area contributed by atoms with Gasteiger partial charge in [-0.05, 0) is 23.5 Å². The fourth-order valence-corrected chi connectivity index (χ4v) is 3.30. The van der Waals surface area contributed by atoms with Crippen LogP contribution in [0.1, 0.15) is 37.3 Å². The summed E-state index contributed by atoms with van der Waals surface area (Å²) in [6.07, 6.45) is 1.90. The van der Waals surface area contributed by atoms with Crippen LogP contribution < -0.4 is 5.32 Å². The number of fused-ring (bicyclic) bond motifs is 1. The van der Waals surface area contributed by atoms with Crippen molar-refractivity contribution in [3.8, 4) is 0 Å². The Bertz CT molecular complexity index is 570. The topological polar surface area (TPSA) is 49.4 Å². The molecule has 3 unspecified atom stereocenters. The van der Waals surface area contributed by atoms with E-state index in [4.69, 9.17) is 0 Å². The van der Waals surface area contributed by atoms with E-state index in [1.165, 1.54) is 11.1 Å². The van der Waals surface area contributed by atoms with Crippen molar-refractivity contribution in [1.29, 1.82) is 0 Å². The number of nitrogens with one attached hydrogen (secondary N) is 1. The average Bonchev–Trinajstić information content (AvgIpc) is 2.47. The quantitative estimate of drug-likeness (QED) is 0.916. The second kappa shape index (κ2) is 5.51. The first kappa shape index (κ1) is 14.1. The molecule has 1 fully saturated rings. The van der Waals surface area contributed by atoms with Gasteiger partial charge in [0.25, 0.3) is 0 Å². The summed E-state index contributed by atoms with van der Waals surface area (Å²) in [7, 11) is 0. The SMILES string of the molecule is CCC(C)C1NC(=O)CN(CC2Cc3ccccc32)C1=O. The monoisotopic (exact) mass is 286 g/mol. The van der Waals surface area contributed by atoms with Crippen LogP contribution in [0.15, 0.2) is 24.3 Å². The van der Waals surface area contributed by atoms with Gasteiger partial charge in [0.05, 0.1) is 6.54 Å². The Labute approximate surface area is 125 Å². The van der Waals surface area contributed by atoms with Crippen molar-refractivity contribution in [2.45, 2.75) is 38.6 Å². The first-order valence-electron chi connectivity index (χ1n) is 7.76. The zero-order chi connectivity index (χ0) is 15.0. The fraction of sp³-hybridized carbons (Fsp3) is 0.529. The lowest BCUT2D eigenvalue weighted by molar-refractivity contribution is -0.146. The number of hydrogen-bond donors (Lipinski definition) is 1. The van der Waals surface area contributed by atoms with Crippen molar-refractivity contribution >= 4 is 11.8 Å². The molecule has 4 heteroatoms. The molecule has 1 aromatic carbocycles. The molecule has 0 aromatic heterocycles. The number of nitrogens with zero attached hydrogens (tertiary/aromatic N) is 1. The van der Waals surface area contributed by atoms with Crippen LogP contribution >= 0.6 is 0 Å². The van der Waals surface area contributed by atoms with Crippen LogP contribution in [0.2, 0.25) is 0 Å². The van der Waals surface area contributed by atoms with Gasteiger partial charge in [0.2, 0.25) is 11.8 Å². The molecule has 0 saturated carbocycles. The first-order chi connectivity index (χ1) is 10.1. The first-order valence-corrected chi connectivity index (χ1v) is 7.76. The van der Waals surface area contributed by atoms with Crippen molar-refractivity contribution in [3.63, 3.8) is 0 Å². The van der Waals surface area contributed by atoms with Gasteiger partial charge in [-0.25, -0.2) is 0 Å². The Morgan fingerprint density at radius 1 is 1.33 bits per heavy atom. The van der Waals surface area contributed by atoms with Crippen LogP contribution in [-0.4, -0.2) is 35.8 Å². The maximum Gasteiger partial charge on any atom is 0.245 e. The molecule has 1 aromatic rings. The normalized spacial score (nSPS) is 25.9. The summed E-state index contributed by atoms with van der Waals surface area (Å²) in [5, 5.41) is 2.85. The lowest BCUT2D eigenvalue weighted by Gasteiger charge is -2.39.